The van der Waals surface area contributed by atoms with Gasteiger partial charge in [0.1, 0.15) is 5.01 Å². The maximum atomic E-state index is 4.85. The summed E-state index contributed by atoms with van der Waals surface area (Å²) in [5, 5.41) is 4.79. The van der Waals surface area contributed by atoms with Crippen molar-refractivity contribution in [2.45, 2.75) is 19.4 Å². The zero-order valence-electron chi connectivity index (χ0n) is 11.4. The van der Waals surface area contributed by atoms with Crippen molar-refractivity contribution in [2.75, 3.05) is 6.54 Å². The van der Waals surface area contributed by atoms with Crippen molar-refractivity contribution in [1.82, 2.24) is 10.3 Å². The van der Waals surface area contributed by atoms with E-state index in [-0.39, 0.29) is 6.04 Å². The van der Waals surface area contributed by atoms with Crippen LogP contribution in [0.4, 0.5) is 0 Å². The highest BCUT2D eigenvalue weighted by Crippen LogP contribution is 2.33. The van der Waals surface area contributed by atoms with Gasteiger partial charge in [-0.1, -0.05) is 30.3 Å². The monoisotopic (exact) mass is 280 g/mol. The van der Waals surface area contributed by atoms with E-state index in [0.717, 1.165) is 18.5 Å². The number of aromatic nitrogens is 1. The van der Waals surface area contributed by atoms with E-state index in [4.69, 9.17) is 4.98 Å². The van der Waals surface area contributed by atoms with E-state index >= 15 is 0 Å². The van der Waals surface area contributed by atoms with Gasteiger partial charge in [0.2, 0.25) is 0 Å². The molecule has 3 heteroatoms. The van der Waals surface area contributed by atoms with E-state index in [0.29, 0.717) is 0 Å². The Kier molecular flexibility index (Phi) is 2.83. The molecule has 0 amide bonds. The number of hydrogen-bond acceptors (Lipinski definition) is 3. The largest absolute Gasteiger partial charge is 0.304 e. The predicted octanol–water partition coefficient (Wildman–Crippen LogP) is 3.84. The molecule has 4 rings (SSSR count). The van der Waals surface area contributed by atoms with Crippen LogP contribution >= 0.6 is 11.3 Å². The summed E-state index contributed by atoms with van der Waals surface area (Å²) in [6, 6.07) is 15.5. The van der Waals surface area contributed by atoms with Crippen LogP contribution in [-0.4, -0.2) is 11.5 Å². The van der Waals surface area contributed by atoms with Crippen LogP contribution in [-0.2, 0) is 6.42 Å². The Labute approximate surface area is 122 Å². The molecule has 1 atom stereocenters. The first kappa shape index (κ1) is 12.1. The number of hydrogen-bond donors (Lipinski definition) is 1. The van der Waals surface area contributed by atoms with Gasteiger partial charge in [-0.15, -0.1) is 11.3 Å². The topological polar surface area (TPSA) is 24.9 Å². The minimum absolute atomic E-state index is 0.248. The first-order valence-corrected chi connectivity index (χ1v) is 7.81. The van der Waals surface area contributed by atoms with Crippen LogP contribution < -0.4 is 5.32 Å². The molecule has 1 aliphatic heterocycles. The molecule has 2 nitrogen and oxygen atoms in total. The maximum absolute atomic E-state index is 4.85. The Bertz CT molecular complexity index is 776. The lowest BCUT2D eigenvalue weighted by atomic mass is 9.95. The second-order valence-electron chi connectivity index (χ2n) is 5.36. The van der Waals surface area contributed by atoms with E-state index < -0.39 is 0 Å². The fraction of sp³-hybridized carbons (Fsp3) is 0.235. The van der Waals surface area contributed by atoms with Crippen molar-refractivity contribution in [1.29, 1.82) is 0 Å². The van der Waals surface area contributed by atoms with Crippen LogP contribution in [0.1, 0.15) is 27.7 Å². The molecule has 1 N–H and O–H groups in total. The van der Waals surface area contributed by atoms with Crippen molar-refractivity contribution < 1.29 is 0 Å². The van der Waals surface area contributed by atoms with Crippen LogP contribution in [0, 0.1) is 6.92 Å². The van der Waals surface area contributed by atoms with Gasteiger partial charge < -0.3 is 5.32 Å². The first-order valence-electron chi connectivity index (χ1n) is 6.99. The van der Waals surface area contributed by atoms with Gasteiger partial charge in [-0.2, -0.15) is 0 Å². The lowest BCUT2D eigenvalue weighted by Crippen LogP contribution is -2.30. The molecule has 1 aliphatic rings. The number of fused-ring (bicyclic) bond motifs is 2. The summed E-state index contributed by atoms with van der Waals surface area (Å²) in [4.78, 5) is 4.85. The van der Waals surface area contributed by atoms with Gasteiger partial charge in [0.15, 0.2) is 0 Å². The zero-order valence-corrected chi connectivity index (χ0v) is 12.2. The van der Waals surface area contributed by atoms with Crippen molar-refractivity contribution in [3.05, 3.63) is 64.2 Å². The van der Waals surface area contributed by atoms with Crippen molar-refractivity contribution in [3.8, 4) is 0 Å². The van der Waals surface area contributed by atoms with Gasteiger partial charge in [-0.25, -0.2) is 4.98 Å². The van der Waals surface area contributed by atoms with Crippen LogP contribution in [0.25, 0.3) is 10.2 Å². The average molecular weight is 280 g/mol. The Hall–Kier alpha value is -1.71. The van der Waals surface area contributed by atoms with E-state index in [1.807, 2.05) is 0 Å². The number of aryl methyl sites for hydroxylation is 1. The van der Waals surface area contributed by atoms with E-state index in [1.54, 1.807) is 11.3 Å². The molecule has 0 bridgehead atoms. The fourth-order valence-corrected chi connectivity index (χ4v) is 3.95. The fourth-order valence-electron chi connectivity index (χ4n) is 2.90. The SMILES string of the molecule is Cc1ccc2sc(C3NCCc4ccccc43)nc2c1. The molecule has 0 fully saturated rings. The summed E-state index contributed by atoms with van der Waals surface area (Å²) in [6.07, 6.45) is 1.11. The molecule has 20 heavy (non-hydrogen) atoms. The van der Waals surface area contributed by atoms with Crippen LogP contribution in [0.2, 0.25) is 0 Å². The number of benzene rings is 2. The molecular weight excluding hydrogens is 264 g/mol. The number of nitrogens with one attached hydrogen (secondary N) is 1. The third-order valence-electron chi connectivity index (χ3n) is 3.92. The molecule has 0 aliphatic carbocycles. The minimum Gasteiger partial charge on any atom is -0.304 e. The summed E-state index contributed by atoms with van der Waals surface area (Å²) < 4.78 is 1.27. The maximum Gasteiger partial charge on any atom is 0.115 e. The summed E-state index contributed by atoms with van der Waals surface area (Å²) in [6.45, 7) is 3.14. The van der Waals surface area contributed by atoms with Gasteiger partial charge in [0.25, 0.3) is 0 Å². The van der Waals surface area contributed by atoms with Gasteiger partial charge in [0, 0.05) is 6.54 Å². The first-order chi connectivity index (χ1) is 9.81. The van der Waals surface area contributed by atoms with Gasteiger partial charge in [-0.05, 0) is 42.2 Å². The van der Waals surface area contributed by atoms with E-state index in [1.165, 1.54) is 26.4 Å². The highest BCUT2D eigenvalue weighted by molar-refractivity contribution is 7.18. The van der Waals surface area contributed by atoms with E-state index in [2.05, 4.69) is 54.7 Å². The molecule has 0 saturated carbocycles. The Morgan fingerprint density at radius 2 is 2.10 bits per heavy atom. The van der Waals surface area contributed by atoms with E-state index in [9.17, 15) is 0 Å². The second-order valence-corrected chi connectivity index (χ2v) is 6.42. The standard InChI is InChI=1S/C17H16N2S/c1-11-6-7-15-14(10-11)19-17(20-15)16-13-5-3-2-4-12(13)8-9-18-16/h2-7,10,16,18H,8-9H2,1H3. The lowest BCUT2D eigenvalue weighted by Gasteiger charge is -2.25. The molecule has 1 aromatic heterocycles. The number of rotatable bonds is 1. The molecule has 2 heterocycles. The molecular formula is C17H16N2S. The zero-order chi connectivity index (χ0) is 13.5. The molecule has 0 spiro atoms. The van der Waals surface area contributed by atoms with Crippen molar-refractivity contribution in [3.63, 3.8) is 0 Å². The number of nitrogens with zero attached hydrogens (tertiary/aromatic N) is 1. The minimum atomic E-state index is 0.248. The Morgan fingerprint density at radius 1 is 1.20 bits per heavy atom. The molecule has 0 saturated heterocycles. The summed E-state index contributed by atoms with van der Waals surface area (Å²) in [5.74, 6) is 0. The Morgan fingerprint density at radius 3 is 3.05 bits per heavy atom. The average Bonchev–Trinajstić information content (AvgIpc) is 2.89. The lowest BCUT2D eigenvalue weighted by molar-refractivity contribution is 0.566. The highest BCUT2D eigenvalue weighted by atomic mass is 32.1. The molecule has 1 unspecified atom stereocenters. The normalized spacial score (nSPS) is 18.1. The quantitative estimate of drug-likeness (QED) is 0.732. The third-order valence-corrected chi connectivity index (χ3v) is 5.02. The second kappa shape index (κ2) is 4.69. The summed E-state index contributed by atoms with van der Waals surface area (Å²) in [7, 11) is 0. The summed E-state index contributed by atoms with van der Waals surface area (Å²) >= 11 is 1.80. The molecule has 2 aromatic carbocycles. The van der Waals surface area contributed by atoms with Gasteiger partial charge in [0.05, 0.1) is 16.3 Å². The van der Waals surface area contributed by atoms with Crippen molar-refractivity contribution >= 4 is 21.6 Å². The van der Waals surface area contributed by atoms with Gasteiger partial charge >= 0.3 is 0 Å². The highest BCUT2D eigenvalue weighted by Gasteiger charge is 2.23. The predicted molar refractivity (Wildman–Crippen MR) is 84.3 cm³/mol. The molecule has 100 valence electrons. The van der Waals surface area contributed by atoms with Crippen LogP contribution in [0.5, 0.6) is 0 Å². The molecule has 3 aromatic rings. The van der Waals surface area contributed by atoms with Crippen molar-refractivity contribution in [2.24, 2.45) is 0 Å². The Balaban J connectivity index is 1.84. The van der Waals surface area contributed by atoms with Gasteiger partial charge in [-0.3, -0.25) is 0 Å². The smallest absolute Gasteiger partial charge is 0.115 e. The third kappa shape index (κ3) is 1.94. The molecule has 0 radical (unpaired) electrons. The number of thiazole rings is 1. The van der Waals surface area contributed by atoms with Crippen LogP contribution in [0.3, 0.4) is 0 Å². The summed E-state index contributed by atoms with van der Waals surface area (Å²) in [5.41, 5.74) is 5.22. The van der Waals surface area contributed by atoms with Crippen LogP contribution in [0.15, 0.2) is 42.5 Å².